The molecular formula is C42H50O15. The zero-order chi connectivity index (χ0) is 42.4. The van der Waals surface area contributed by atoms with Crippen molar-refractivity contribution >= 4 is 36.4 Å². The van der Waals surface area contributed by atoms with E-state index in [1.54, 1.807) is 36.4 Å². The Morgan fingerprint density at radius 2 is 0.667 bits per heavy atom. The van der Waals surface area contributed by atoms with Gasteiger partial charge in [-0.05, 0) is 88.1 Å². The Bertz CT molecular complexity index is 1740. The topological polar surface area (TPSA) is 185 Å². The Morgan fingerprint density at radius 1 is 0.404 bits per heavy atom. The van der Waals surface area contributed by atoms with Crippen LogP contribution in [-0.2, 0) is 59.8 Å². The van der Waals surface area contributed by atoms with Crippen LogP contribution >= 0.6 is 0 Å². The van der Waals surface area contributed by atoms with Gasteiger partial charge in [-0.25, -0.2) is 43.7 Å². The van der Waals surface area contributed by atoms with E-state index in [9.17, 15) is 28.8 Å². The normalized spacial score (nSPS) is 11.5. The minimum absolute atomic E-state index is 0.00244. The second kappa shape index (κ2) is 20.2. The van der Waals surface area contributed by atoms with E-state index >= 15 is 0 Å². The van der Waals surface area contributed by atoms with E-state index in [0.29, 0.717) is 0 Å². The predicted molar refractivity (Wildman–Crippen MR) is 202 cm³/mol. The summed E-state index contributed by atoms with van der Waals surface area (Å²) in [5.74, 6) is -3.44. The molecule has 0 saturated heterocycles. The van der Waals surface area contributed by atoms with Crippen molar-refractivity contribution in [3.05, 3.63) is 106 Å². The third kappa shape index (κ3) is 15.5. The van der Waals surface area contributed by atoms with E-state index in [4.69, 9.17) is 14.2 Å². The van der Waals surface area contributed by atoms with E-state index < -0.39 is 42.3 Å². The Kier molecular flexibility index (Phi) is 16.0. The van der Waals surface area contributed by atoms with Crippen molar-refractivity contribution in [2.75, 3.05) is 19.8 Å². The second-order valence-corrected chi connectivity index (χ2v) is 16.0. The molecule has 0 aliphatic rings. The number of benzene rings is 3. The molecule has 0 N–H and O–H groups in total. The zero-order valence-electron chi connectivity index (χ0n) is 33.7. The molecule has 3 rings (SSSR count). The fraction of sp³-hybridized carbons (Fsp3) is 0.429. The highest BCUT2D eigenvalue weighted by molar-refractivity contribution is 5.90. The smallest absolute Gasteiger partial charge is 0.432 e. The minimum atomic E-state index is -1.36. The molecule has 0 fully saturated rings. The molecule has 3 aromatic rings. The summed E-state index contributed by atoms with van der Waals surface area (Å²) in [6, 6.07) is 19.7. The molecule has 0 aliphatic carbocycles. The molecule has 0 aliphatic heterocycles. The van der Waals surface area contributed by atoms with Gasteiger partial charge in [0.05, 0.1) is 36.5 Å². The highest BCUT2D eigenvalue weighted by Gasteiger charge is 2.22. The molecule has 0 radical (unpaired) electrons. The van der Waals surface area contributed by atoms with Gasteiger partial charge in [-0.15, -0.1) is 0 Å². The van der Waals surface area contributed by atoms with Gasteiger partial charge in [0.15, 0.2) is 0 Å². The number of ether oxygens (including phenoxy) is 3. The van der Waals surface area contributed by atoms with Crippen LogP contribution in [-0.4, -0.2) is 56.2 Å². The van der Waals surface area contributed by atoms with Crippen LogP contribution in [0.2, 0.25) is 0 Å². The van der Waals surface area contributed by atoms with Gasteiger partial charge >= 0.3 is 36.4 Å². The van der Waals surface area contributed by atoms with E-state index in [1.165, 1.54) is 36.4 Å². The fourth-order valence-corrected chi connectivity index (χ4v) is 4.87. The molecule has 0 saturated carbocycles. The number of carbonyl (C=O) groups excluding carboxylic acids is 6. The first-order valence-corrected chi connectivity index (χ1v) is 18.1. The summed E-state index contributed by atoms with van der Waals surface area (Å²) in [5.41, 5.74) is 2.95. The summed E-state index contributed by atoms with van der Waals surface area (Å²) in [4.78, 5) is 101. The van der Waals surface area contributed by atoms with Gasteiger partial charge in [-0.3, -0.25) is 0 Å². The average molecular weight is 795 g/mol. The third-order valence-electron chi connectivity index (χ3n) is 8.44. The van der Waals surface area contributed by atoms with Crippen LogP contribution in [0.15, 0.2) is 72.8 Å². The highest BCUT2D eigenvalue weighted by atomic mass is 17.2. The molecule has 0 unspecified atom stereocenters. The number of carbonyl (C=O) groups is 6. The summed E-state index contributed by atoms with van der Waals surface area (Å²) in [7, 11) is 0. The van der Waals surface area contributed by atoms with Crippen molar-refractivity contribution in [1.82, 2.24) is 0 Å². The van der Waals surface area contributed by atoms with E-state index in [2.05, 4.69) is 29.3 Å². The molecule has 15 nitrogen and oxygen atoms in total. The van der Waals surface area contributed by atoms with Crippen molar-refractivity contribution in [3.8, 4) is 0 Å². The van der Waals surface area contributed by atoms with Crippen molar-refractivity contribution in [1.29, 1.82) is 0 Å². The Labute approximate surface area is 331 Å². The van der Waals surface area contributed by atoms with Crippen LogP contribution in [0.5, 0.6) is 0 Å². The first-order chi connectivity index (χ1) is 26.6. The average Bonchev–Trinajstić information content (AvgIpc) is 3.16. The fourth-order valence-electron chi connectivity index (χ4n) is 4.87. The molecule has 0 atom stereocenters. The molecule has 0 amide bonds. The lowest BCUT2D eigenvalue weighted by Gasteiger charge is -2.18. The monoisotopic (exact) mass is 794 g/mol. The lowest BCUT2D eigenvalue weighted by atomic mass is 9.87. The van der Waals surface area contributed by atoms with Crippen molar-refractivity contribution in [3.63, 3.8) is 0 Å². The van der Waals surface area contributed by atoms with E-state index in [0.717, 1.165) is 16.7 Å². The standard InChI is InChI=1S/C42H50O15/c1-40(2,3)31-16-10-28(11-17-31)34(43)52-55-37(46)49-24-22-27(26-51-39(48)57-54-36(45)30-14-20-33(21-15-30)42(7,8)9)23-25-50-38(47)56-53-35(44)29-12-18-32(19-13-29)41(4,5)6/h10-21,27H,22-26H2,1-9H3. The maximum Gasteiger partial charge on any atom is 0.549 e. The molecule has 15 heteroatoms. The maximum absolute atomic E-state index is 12.4. The van der Waals surface area contributed by atoms with Crippen molar-refractivity contribution < 1.29 is 72.3 Å². The maximum atomic E-state index is 12.4. The molecule has 0 heterocycles. The van der Waals surface area contributed by atoms with Gasteiger partial charge in [-0.2, -0.15) is 14.4 Å². The molecule has 0 bridgehead atoms. The summed E-state index contributed by atoms with van der Waals surface area (Å²) in [6.07, 6.45) is -4.01. The summed E-state index contributed by atoms with van der Waals surface area (Å²) < 4.78 is 15.0. The van der Waals surface area contributed by atoms with Gasteiger partial charge in [0, 0.05) is 0 Å². The first-order valence-electron chi connectivity index (χ1n) is 18.1. The number of hydrogen-bond donors (Lipinski definition) is 0. The summed E-state index contributed by atoms with van der Waals surface area (Å²) in [6.45, 7) is 17.1. The van der Waals surface area contributed by atoms with Gasteiger partial charge in [0.1, 0.15) is 0 Å². The Morgan fingerprint density at radius 3 is 0.930 bits per heavy atom. The van der Waals surface area contributed by atoms with Crippen LogP contribution in [0.1, 0.15) is 123 Å². The Balaban J connectivity index is 1.49. The minimum Gasteiger partial charge on any atom is -0.432 e. The third-order valence-corrected chi connectivity index (χ3v) is 8.44. The SMILES string of the molecule is CC(C)(C)c1ccc(C(=O)OOC(=O)OCCC(CCOC(=O)OOC(=O)c2ccc(C(C)(C)C)cc2)COC(=O)OOC(=O)c2ccc(C(C)(C)C)cc2)cc1. The quantitative estimate of drug-likeness (QED) is 0.0774. The zero-order valence-corrected chi connectivity index (χ0v) is 33.7. The second-order valence-electron chi connectivity index (χ2n) is 16.0. The molecular weight excluding hydrogens is 744 g/mol. The largest absolute Gasteiger partial charge is 0.549 e. The Hall–Kier alpha value is -6.12. The highest BCUT2D eigenvalue weighted by Crippen LogP contribution is 2.24. The molecule has 57 heavy (non-hydrogen) atoms. The van der Waals surface area contributed by atoms with Crippen LogP contribution in [0.25, 0.3) is 0 Å². The van der Waals surface area contributed by atoms with Gasteiger partial charge in [-0.1, -0.05) is 98.7 Å². The van der Waals surface area contributed by atoms with Crippen molar-refractivity contribution in [2.24, 2.45) is 5.92 Å². The van der Waals surface area contributed by atoms with Gasteiger partial charge in [0.25, 0.3) is 0 Å². The molecule has 0 aromatic heterocycles. The number of hydrogen-bond acceptors (Lipinski definition) is 15. The lowest BCUT2D eigenvalue weighted by Crippen LogP contribution is -2.21. The molecule has 308 valence electrons. The van der Waals surface area contributed by atoms with Crippen LogP contribution in [0, 0.1) is 5.92 Å². The molecule has 3 aromatic carbocycles. The van der Waals surface area contributed by atoms with Crippen LogP contribution in [0.4, 0.5) is 14.4 Å². The van der Waals surface area contributed by atoms with Crippen molar-refractivity contribution in [2.45, 2.75) is 91.4 Å². The number of rotatable bonds is 11. The summed E-state index contributed by atoms with van der Waals surface area (Å²) >= 11 is 0. The van der Waals surface area contributed by atoms with Gasteiger partial charge in [0.2, 0.25) is 0 Å². The van der Waals surface area contributed by atoms with E-state index in [-0.39, 0.29) is 65.6 Å². The lowest BCUT2D eigenvalue weighted by molar-refractivity contribution is -0.206. The summed E-state index contributed by atoms with van der Waals surface area (Å²) in [5, 5.41) is 0. The van der Waals surface area contributed by atoms with Gasteiger partial charge < -0.3 is 14.2 Å². The predicted octanol–water partition coefficient (Wildman–Crippen LogP) is 9.05. The van der Waals surface area contributed by atoms with Crippen LogP contribution in [0.3, 0.4) is 0 Å². The van der Waals surface area contributed by atoms with E-state index in [1.807, 2.05) is 62.3 Å². The first kappa shape index (κ1) is 45.3. The molecule has 0 spiro atoms. The van der Waals surface area contributed by atoms with Crippen LogP contribution < -0.4 is 0 Å².